The topological polar surface area (TPSA) is 46.2 Å². The van der Waals surface area contributed by atoms with E-state index in [4.69, 9.17) is 0 Å². The van der Waals surface area contributed by atoms with E-state index in [0.29, 0.717) is 5.69 Å². The summed E-state index contributed by atoms with van der Waals surface area (Å²) in [5.41, 5.74) is 4.26. The predicted octanol–water partition coefficient (Wildman–Crippen LogP) is 3.18. The molecule has 1 fully saturated rings. The van der Waals surface area contributed by atoms with Gasteiger partial charge in [-0.15, -0.1) is 0 Å². The van der Waals surface area contributed by atoms with Crippen molar-refractivity contribution in [3.05, 3.63) is 34.9 Å². The maximum absolute atomic E-state index is 11.2. The zero-order valence-electron chi connectivity index (χ0n) is 11.0. The van der Waals surface area contributed by atoms with Crippen molar-refractivity contribution in [3.8, 4) is 0 Å². The van der Waals surface area contributed by atoms with Crippen LogP contribution in [0.15, 0.2) is 23.8 Å². The van der Waals surface area contributed by atoms with Crippen LogP contribution in [0, 0.1) is 12.8 Å². The van der Waals surface area contributed by atoms with Crippen molar-refractivity contribution in [2.24, 2.45) is 5.92 Å². The Morgan fingerprint density at radius 1 is 1.39 bits per heavy atom. The van der Waals surface area contributed by atoms with Gasteiger partial charge in [-0.3, -0.25) is 4.72 Å². The highest BCUT2D eigenvalue weighted by molar-refractivity contribution is 7.92. The maximum atomic E-state index is 11.2. The third-order valence-corrected chi connectivity index (χ3v) is 3.79. The molecule has 1 aromatic rings. The SMILES string of the molecule is C/C(=C/c1cc(NS(C)(=O)=O)ccc1C)C1CC1. The van der Waals surface area contributed by atoms with Gasteiger partial charge in [0.05, 0.1) is 6.26 Å². The highest BCUT2D eigenvalue weighted by Crippen LogP contribution is 2.37. The Bertz CT molecular complexity index is 584. The van der Waals surface area contributed by atoms with Crippen LogP contribution >= 0.6 is 0 Å². The van der Waals surface area contributed by atoms with Crippen LogP contribution in [0.25, 0.3) is 6.08 Å². The Hall–Kier alpha value is -1.29. The number of hydrogen-bond acceptors (Lipinski definition) is 2. The minimum atomic E-state index is -3.21. The average Bonchev–Trinajstić information content (AvgIpc) is 3.04. The number of allylic oxidation sites excluding steroid dienone is 1. The number of benzene rings is 1. The minimum Gasteiger partial charge on any atom is -0.284 e. The quantitative estimate of drug-likeness (QED) is 0.908. The normalized spacial score (nSPS) is 16.7. The van der Waals surface area contributed by atoms with Crippen LogP contribution in [0.1, 0.15) is 30.9 Å². The maximum Gasteiger partial charge on any atom is 0.229 e. The van der Waals surface area contributed by atoms with Gasteiger partial charge in [0.2, 0.25) is 10.0 Å². The van der Waals surface area contributed by atoms with Crippen LogP contribution < -0.4 is 4.72 Å². The Morgan fingerprint density at radius 3 is 2.61 bits per heavy atom. The largest absolute Gasteiger partial charge is 0.284 e. The molecule has 4 heteroatoms. The van der Waals surface area contributed by atoms with Crippen molar-refractivity contribution in [1.82, 2.24) is 0 Å². The molecule has 0 atom stereocenters. The Balaban J connectivity index is 2.29. The first-order valence-electron chi connectivity index (χ1n) is 6.12. The molecule has 0 bridgehead atoms. The van der Waals surface area contributed by atoms with E-state index < -0.39 is 10.0 Å². The van der Waals surface area contributed by atoms with Crippen LogP contribution in [0.4, 0.5) is 5.69 Å². The van der Waals surface area contributed by atoms with Gasteiger partial charge in [0.1, 0.15) is 0 Å². The molecule has 0 amide bonds. The first kappa shape index (κ1) is 13.1. The van der Waals surface area contributed by atoms with E-state index in [1.54, 1.807) is 6.07 Å². The van der Waals surface area contributed by atoms with Gasteiger partial charge in [0, 0.05) is 5.69 Å². The van der Waals surface area contributed by atoms with Crippen molar-refractivity contribution < 1.29 is 8.42 Å². The van der Waals surface area contributed by atoms with Crippen molar-refractivity contribution in [2.75, 3.05) is 11.0 Å². The zero-order chi connectivity index (χ0) is 13.3. The number of hydrogen-bond donors (Lipinski definition) is 1. The van der Waals surface area contributed by atoms with E-state index in [2.05, 4.69) is 17.7 Å². The Morgan fingerprint density at radius 2 is 2.06 bits per heavy atom. The standard InChI is InChI=1S/C14H19NO2S/c1-10-4-7-14(15-18(3,16)17)9-13(10)8-11(2)12-5-6-12/h4,7-9,12,15H,5-6H2,1-3H3/b11-8-. The molecule has 1 N–H and O–H groups in total. The van der Waals surface area contributed by atoms with Crippen LogP contribution in [-0.2, 0) is 10.0 Å². The number of nitrogens with one attached hydrogen (secondary N) is 1. The second-order valence-corrected chi connectivity index (χ2v) is 6.86. The van der Waals surface area contributed by atoms with Gasteiger partial charge in [-0.25, -0.2) is 8.42 Å². The molecule has 18 heavy (non-hydrogen) atoms. The molecule has 0 radical (unpaired) electrons. The molecule has 0 aliphatic heterocycles. The van der Waals surface area contributed by atoms with Crippen LogP contribution in [0.3, 0.4) is 0 Å². The van der Waals surface area contributed by atoms with Gasteiger partial charge >= 0.3 is 0 Å². The molecule has 0 aromatic heterocycles. The molecule has 1 saturated carbocycles. The lowest BCUT2D eigenvalue weighted by molar-refractivity contribution is 0.607. The fourth-order valence-electron chi connectivity index (χ4n) is 1.98. The van der Waals surface area contributed by atoms with E-state index in [1.807, 2.05) is 19.1 Å². The summed E-state index contributed by atoms with van der Waals surface area (Å²) < 4.78 is 24.9. The summed E-state index contributed by atoms with van der Waals surface area (Å²) in [5, 5.41) is 0. The molecular formula is C14H19NO2S. The fraction of sp³-hybridized carbons (Fsp3) is 0.429. The lowest BCUT2D eigenvalue weighted by Crippen LogP contribution is -2.09. The molecule has 0 heterocycles. The molecule has 1 aliphatic carbocycles. The van der Waals surface area contributed by atoms with Crippen LogP contribution in [0.2, 0.25) is 0 Å². The Kier molecular flexibility index (Phi) is 3.48. The number of aryl methyl sites for hydroxylation is 1. The van der Waals surface area contributed by atoms with Crippen molar-refractivity contribution in [1.29, 1.82) is 0 Å². The molecule has 1 aliphatic rings. The summed E-state index contributed by atoms with van der Waals surface area (Å²) in [6, 6.07) is 5.63. The summed E-state index contributed by atoms with van der Waals surface area (Å²) in [6.07, 6.45) is 5.89. The van der Waals surface area contributed by atoms with Gasteiger partial charge in [0.15, 0.2) is 0 Å². The van der Waals surface area contributed by atoms with Gasteiger partial charge in [-0.2, -0.15) is 0 Å². The second-order valence-electron chi connectivity index (χ2n) is 5.11. The van der Waals surface area contributed by atoms with E-state index in [0.717, 1.165) is 23.3 Å². The molecule has 0 saturated heterocycles. The summed E-state index contributed by atoms with van der Waals surface area (Å²) in [7, 11) is -3.21. The highest BCUT2D eigenvalue weighted by atomic mass is 32.2. The molecule has 98 valence electrons. The van der Waals surface area contributed by atoms with Crippen molar-refractivity contribution >= 4 is 21.8 Å². The molecule has 0 spiro atoms. The van der Waals surface area contributed by atoms with Crippen LogP contribution in [-0.4, -0.2) is 14.7 Å². The van der Waals surface area contributed by atoms with Gasteiger partial charge in [-0.1, -0.05) is 17.7 Å². The Labute approximate surface area is 109 Å². The first-order chi connectivity index (χ1) is 8.35. The van der Waals surface area contributed by atoms with Gasteiger partial charge in [-0.05, 0) is 55.9 Å². The van der Waals surface area contributed by atoms with Gasteiger partial charge in [0.25, 0.3) is 0 Å². The molecule has 2 rings (SSSR count). The van der Waals surface area contributed by atoms with E-state index in [9.17, 15) is 8.42 Å². The molecule has 3 nitrogen and oxygen atoms in total. The first-order valence-corrected chi connectivity index (χ1v) is 8.01. The van der Waals surface area contributed by atoms with Crippen molar-refractivity contribution in [3.63, 3.8) is 0 Å². The number of rotatable bonds is 4. The predicted molar refractivity (Wildman–Crippen MR) is 76.0 cm³/mol. The van der Waals surface area contributed by atoms with Crippen molar-refractivity contribution in [2.45, 2.75) is 26.7 Å². The zero-order valence-corrected chi connectivity index (χ0v) is 11.8. The second kappa shape index (κ2) is 4.76. The third kappa shape index (κ3) is 3.60. The number of sulfonamides is 1. The summed E-state index contributed by atoms with van der Waals surface area (Å²) in [6.45, 7) is 4.18. The molecular weight excluding hydrogens is 246 g/mol. The van der Waals surface area contributed by atoms with E-state index in [1.165, 1.54) is 18.4 Å². The third-order valence-electron chi connectivity index (χ3n) is 3.19. The minimum absolute atomic E-state index is 0.623. The monoisotopic (exact) mass is 265 g/mol. The average molecular weight is 265 g/mol. The lowest BCUT2D eigenvalue weighted by atomic mass is 10.0. The van der Waals surface area contributed by atoms with E-state index in [-0.39, 0.29) is 0 Å². The summed E-state index contributed by atoms with van der Waals surface area (Å²) in [4.78, 5) is 0. The highest BCUT2D eigenvalue weighted by Gasteiger charge is 2.22. The summed E-state index contributed by atoms with van der Waals surface area (Å²) >= 11 is 0. The van der Waals surface area contributed by atoms with Crippen LogP contribution in [0.5, 0.6) is 0 Å². The van der Waals surface area contributed by atoms with Gasteiger partial charge < -0.3 is 0 Å². The molecule has 1 aromatic carbocycles. The molecule has 0 unspecified atom stereocenters. The number of anilines is 1. The smallest absolute Gasteiger partial charge is 0.229 e. The summed E-state index contributed by atoms with van der Waals surface area (Å²) in [5.74, 6) is 0.732. The fourth-order valence-corrected chi connectivity index (χ4v) is 2.53. The lowest BCUT2D eigenvalue weighted by Gasteiger charge is -2.08. The van der Waals surface area contributed by atoms with E-state index >= 15 is 0 Å².